The molecule has 1 atom stereocenters. The molecule has 0 heterocycles. The first-order chi connectivity index (χ1) is 11.7. The second kappa shape index (κ2) is 12.6. The number of benzene rings is 1. The van der Waals surface area contributed by atoms with Crippen LogP contribution in [-0.4, -0.2) is 45.9 Å². The van der Waals surface area contributed by atoms with Crippen molar-refractivity contribution in [3.63, 3.8) is 0 Å². The molecule has 24 heavy (non-hydrogen) atoms. The van der Waals surface area contributed by atoms with Crippen LogP contribution in [0.15, 0.2) is 29.3 Å². The van der Waals surface area contributed by atoms with Crippen molar-refractivity contribution in [3.8, 4) is 5.75 Å². The van der Waals surface area contributed by atoms with Gasteiger partial charge in [0.1, 0.15) is 5.75 Å². The Hall–Kier alpha value is -1.75. The lowest BCUT2D eigenvalue weighted by Crippen LogP contribution is -2.38. The van der Waals surface area contributed by atoms with Crippen LogP contribution in [0.2, 0.25) is 0 Å². The summed E-state index contributed by atoms with van der Waals surface area (Å²) in [6, 6.07) is 8.30. The van der Waals surface area contributed by atoms with Crippen molar-refractivity contribution in [2.75, 3.05) is 40.0 Å². The fourth-order valence-electron chi connectivity index (χ4n) is 2.35. The van der Waals surface area contributed by atoms with Gasteiger partial charge in [-0.05, 0) is 50.3 Å². The Morgan fingerprint density at radius 1 is 1.17 bits per heavy atom. The van der Waals surface area contributed by atoms with Crippen molar-refractivity contribution in [2.24, 2.45) is 4.99 Å². The third kappa shape index (κ3) is 8.20. The van der Waals surface area contributed by atoms with Crippen LogP contribution in [0.25, 0.3) is 0 Å². The summed E-state index contributed by atoms with van der Waals surface area (Å²) < 4.78 is 10.5. The highest BCUT2D eigenvalue weighted by Gasteiger charge is 2.06. The first-order valence-corrected chi connectivity index (χ1v) is 8.95. The highest BCUT2D eigenvalue weighted by atomic mass is 16.5. The minimum atomic E-state index is 0.490. The Morgan fingerprint density at radius 2 is 1.92 bits per heavy atom. The maximum absolute atomic E-state index is 5.33. The summed E-state index contributed by atoms with van der Waals surface area (Å²) in [6.07, 6.45) is 2.00. The molecule has 0 spiro atoms. The highest BCUT2D eigenvalue weighted by molar-refractivity contribution is 5.79. The lowest BCUT2D eigenvalue weighted by molar-refractivity contribution is 0.146. The molecular weight excluding hydrogens is 302 g/mol. The van der Waals surface area contributed by atoms with E-state index in [1.807, 2.05) is 19.1 Å². The summed E-state index contributed by atoms with van der Waals surface area (Å²) in [5.74, 6) is 2.28. The van der Waals surface area contributed by atoms with Gasteiger partial charge in [-0.2, -0.15) is 0 Å². The fourth-order valence-corrected chi connectivity index (χ4v) is 2.35. The zero-order valence-electron chi connectivity index (χ0n) is 15.6. The Labute approximate surface area is 146 Å². The van der Waals surface area contributed by atoms with Gasteiger partial charge in [0.15, 0.2) is 5.96 Å². The van der Waals surface area contributed by atoms with E-state index in [0.29, 0.717) is 5.92 Å². The largest absolute Gasteiger partial charge is 0.497 e. The predicted molar refractivity (Wildman–Crippen MR) is 101 cm³/mol. The molecule has 1 aromatic carbocycles. The minimum absolute atomic E-state index is 0.490. The number of aliphatic imine (C=N–C) groups is 1. The van der Waals surface area contributed by atoms with Crippen LogP contribution in [0.5, 0.6) is 5.75 Å². The van der Waals surface area contributed by atoms with Crippen molar-refractivity contribution in [2.45, 2.75) is 39.5 Å². The molecule has 0 radical (unpaired) electrons. The quantitative estimate of drug-likeness (QED) is 0.370. The molecule has 1 aromatic rings. The average Bonchev–Trinajstić information content (AvgIpc) is 2.61. The molecule has 0 saturated heterocycles. The molecule has 0 fully saturated rings. The van der Waals surface area contributed by atoms with Gasteiger partial charge in [0.05, 0.1) is 7.11 Å². The lowest BCUT2D eigenvalue weighted by Gasteiger charge is -2.15. The van der Waals surface area contributed by atoms with Gasteiger partial charge >= 0.3 is 0 Å². The van der Waals surface area contributed by atoms with E-state index >= 15 is 0 Å². The monoisotopic (exact) mass is 335 g/mol. The first-order valence-electron chi connectivity index (χ1n) is 8.95. The van der Waals surface area contributed by atoms with Gasteiger partial charge < -0.3 is 20.1 Å². The van der Waals surface area contributed by atoms with E-state index in [4.69, 9.17) is 9.47 Å². The summed E-state index contributed by atoms with van der Waals surface area (Å²) in [7, 11) is 1.69. The zero-order chi connectivity index (χ0) is 17.6. The summed E-state index contributed by atoms with van der Waals surface area (Å²) >= 11 is 0. The molecule has 0 aliphatic rings. The summed E-state index contributed by atoms with van der Waals surface area (Å²) in [5.41, 5.74) is 1.33. The molecule has 0 saturated carbocycles. The van der Waals surface area contributed by atoms with E-state index < -0.39 is 0 Å². The number of rotatable bonds is 11. The van der Waals surface area contributed by atoms with Crippen molar-refractivity contribution in [1.29, 1.82) is 0 Å². The van der Waals surface area contributed by atoms with Crippen LogP contribution in [0, 0.1) is 0 Å². The van der Waals surface area contributed by atoms with Gasteiger partial charge in [-0.3, -0.25) is 4.99 Å². The Bertz CT molecular complexity index is 460. The number of ether oxygens (including phenoxy) is 2. The molecule has 1 rings (SSSR count). The molecule has 2 N–H and O–H groups in total. The van der Waals surface area contributed by atoms with Gasteiger partial charge in [-0.1, -0.05) is 19.1 Å². The number of methoxy groups -OCH3 is 1. The second-order valence-electron chi connectivity index (χ2n) is 5.70. The van der Waals surface area contributed by atoms with Crippen LogP contribution in [0.3, 0.4) is 0 Å². The molecule has 5 nitrogen and oxygen atoms in total. The van der Waals surface area contributed by atoms with Crippen LogP contribution in [-0.2, 0) is 4.74 Å². The van der Waals surface area contributed by atoms with Crippen LogP contribution in [0.1, 0.15) is 45.1 Å². The number of nitrogens with zero attached hydrogens (tertiary/aromatic N) is 1. The molecule has 1 unspecified atom stereocenters. The van der Waals surface area contributed by atoms with Gasteiger partial charge in [-0.15, -0.1) is 0 Å². The van der Waals surface area contributed by atoms with Gasteiger partial charge in [0.2, 0.25) is 0 Å². The first kappa shape index (κ1) is 20.3. The van der Waals surface area contributed by atoms with Crippen molar-refractivity contribution >= 4 is 5.96 Å². The number of guanidine groups is 1. The summed E-state index contributed by atoms with van der Waals surface area (Å²) in [5, 5.41) is 6.69. The Morgan fingerprint density at radius 3 is 2.54 bits per heavy atom. The van der Waals surface area contributed by atoms with Crippen molar-refractivity contribution in [1.82, 2.24) is 10.6 Å². The molecule has 0 amide bonds. The SMILES string of the molecule is CCNC(=NCCCOCC)NCCC(C)c1ccc(OC)cc1. The van der Waals surface area contributed by atoms with Crippen LogP contribution in [0.4, 0.5) is 0 Å². The molecule has 0 aromatic heterocycles. The Balaban J connectivity index is 2.35. The summed E-state index contributed by atoms with van der Waals surface area (Å²) in [4.78, 5) is 4.58. The molecule has 136 valence electrons. The van der Waals surface area contributed by atoms with E-state index in [-0.39, 0.29) is 0 Å². The third-order valence-electron chi connectivity index (χ3n) is 3.82. The molecule has 0 bridgehead atoms. The van der Waals surface area contributed by atoms with Crippen molar-refractivity contribution < 1.29 is 9.47 Å². The molecular formula is C19H33N3O2. The van der Waals surface area contributed by atoms with Crippen molar-refractivity contribution in [3.05, 3.63) is 29.8 Å². The number of hydrogen-bond donors (Lipinski definition) is 2. The fraction of sp³-hybridized carbons (Fsp3) is 0.632. The molecule has 0 aliphatic carbocycles. The van der Waals surface area contributed by atoms with E-state index in [9.17, 15) is 0 Å². The number of nitrogens with one attached hydrogen (secondary N) is 2. The summed E-state index contributed by atoms with van der Waals surface area (Å²) in [6.45, 7) is 10.4. The average molecular weight is 335 g/mol. The maximum Gasteiger partial charge on any atom is 0.191 e. The maximum atomic E-state index is 5.33. The van der Waals surface area contributed by atoms with E-state index in [2.05, 4.69) is 41.6 Å². The topological polar surface area (TPSA) is 54.9 Å². The van der Waals surface area contributed by atoms with E-state index in [1.54, 1.807) is 7.11 Å². The minimum Gasteiger partial charge on any atom is -0.497 e. The highest BCUT2D eigenvalue weighted by Crippen LogP contribution is 2.21. The van der Waals surface area contributed by atoms with Gasteiger partial charge in [0.25, 0.3) is 0 Å². The van der Waals surface area contributed by atoms with Crippen LogP contribution >= 0.6 is 0 Å². The zero-order valence-corrected chi connectivity index (χ0v) is 15.6. The third-order valence-corrected chi connectivity index (χ3v) is 3.82. The normalized spacial score (nSPS) is 12.8. The van der Waals surface area contributed by atoms with E-state index in [1.165, 1.54) is 5.56 Å². The smallest absolute Gasteiger partial charge is 0.191 e. The predicted octanol–water partition coefficient (Wildman–Crippen LogP) is 3.17. The molecule has 5 heteroatoms. The second-order valence-corrected chi connectivity index (χ2v) is 5.70. The molecule has 0 aliphatic heterocycles. The Kier molecular flexibility index (Phi) is 10.7. The lowest BCUT2D eigenvalue weighted by atomic mass is 9.98. The number of hydrogen-bond acceptors (Lipinski definition) is 3. The standard InChI is InChI=1S/C19H33N3O2/c1-5-20-19(21-13-7-15-24-6-2)22-14-12-16(3)17-8-10-18(23-4)11-9-17/h8-11,16H,5-7,12-15H2,1-4H3,(H2,20,21,22). The van der Waals surface area contributed by atoms with Crippen LogP contribution < -0.4 is 15.4 Å². The van der Waals surface area contributed by atoms with Gasteiger partial charge in [-0.25, -0.2) is 0 Å². The van der Waals surface area contributed by atoms with E-state index in [0.717, 1.165) is 57.4 Å². The van der Waals surface area contributed by atoms with Gasteiger partial charge in [0, 0.05) is 32.8 Å².